The first-order valence-electron chi connectivity index (χ1n) is 8.43. The predicted molar refractivity (Wildman–Crippen MR) is 105 cm³/mol. The maximum Gasteiger partial charge on any atom is 0.573 e. The highest BCUT2D eigenvalue weighted by Gasteiger charge is 2.31. The minimum absolute atomic E-state index is 0. The van der Waals surface area contributed by atoms with Crippen molar-refractivity contribution >= 4 is 12.4 Å². The molecule has 0 unspecified atom stereocenters. The summed E-state index contributed by atoms with van der Waals surface area (Å²) in [6.07, 6.45) is -4.75. The molecule has 0 saturated carbocycles. The zero-order chi connectivity index (χ0) is 20.1. The second-order valence-electron chi connectivity index (χ2n) is 6.09. The largest absolute Gasteiger partial charge is 0.573 e. The SMILES string of the molecule is Cl.N[C@H](c1ccc(OC(F)(F)F)cc1)c1ccc(OCc2ccccc2)cc1O. The van der Waals surface area contributed by atoms with Crippen molar-refractivity contribution in [3.8, 4) is 17.2 Å². The number of nitrogens with two attached hydrogens (primary N) is 1. The van der Waals surface area contributed by atoms with E-state index in [1.807, 2.05) is 30.3 Å². The zero-order valence-electron chi connectivity index (χ0n) is 15.1. The van der Waals surface area contributed by atoms with Crippen LogP contribution in [0.25, 0.3) is 0 Å². The summed E-state index contributed by atoms with van der Waals surface area (Å²) >= 11 is 0. The maximum absolute atomic E-state index is 12.2. The third-order valence-corrected chi connectivity index (χ3v) is 4.06. The van der Waals surface area contributed by atoms with Crippen LogP contribution in [-0.4, -0.2) is 11.5 Å². The Morgan fingerprint density at radius 2 is 1.52 bits per heavy atom. The topological polar surface area (TPSA) is 64.7 Å². The molecule has 0 aromatic heterocycles. The molecular weight excluding hydrogens is 407 g/mol. The van der Waals surface area contributed by atoms with Gasteiger partial charge in [-0.05, 0) is 35.4 Å². The van der Waals surface area contributed by atoms with Gasteiger partial charge in [0.1, 0.15) is 23.9 Å². The molecule has 3 aromatic carbocycles. The number of aromatic hydroxyl groups is 1. The summed E-state index contributed by atoms with van der Waals surface area (Å²) in [6, 6.07) is 18.8. The number of alkyl halides is 3. The summed E-state index contributed by atoms with van der Waals surface area (Å²) in [4.78, 5) is 0. The van der Waals surface area contributed by atoms with Gasteiger partial charge in [0.15, 0.2) is 0 Å². The first-order chi connectivity index (χ1) is 13.3. The molecule has 0 bridgehead atoms. The first-order valence-corrected chi connectivity index (χ1v) is 8.43. The molecule has 0 aliphatic heterocycles. The number of rotatable bonds is 6. The fraction of sp³-hybridized carbons (Fsp3) is 0.143. The number of phenolic OH excluding ortho intramolecular Hbond substituents is 1. The minimum atomic E-state index is -4.75. The third kappa shape index (κ3) is 6.30. The van der Waals surface area contributed by atoms with E-state index in [0.717, 1.165) is 5.56 Å². The molecule has 0 amide bonds. The van der Waals surface area contributed by atoms with Crippen LogP contribution in [0.15, 0.2) is 72.8 Å². The van der Waals surface area contributed by atoms with Gasteiger partial charge < -0.3 is 20.3 Å². The molecule has 0 fully saturated rings. The number of hydrogen-bond acceptors (Lipinski definition) is 4. The highest BCUT2D eigenvalue weighted by molar-refractivity contribution is 5.85. The van der Waals surface area contributed by atoms with Crippen molar-refractivity contribution in [1.82, 2.24) is 0 Å². The van der Waals surface area contributed by atoms with Crippen molar-refractivity contribution in [2.24, 2.45) is 5.73 Å². The summed E-state index contributed by atoms with van der Waals surface area (Å²) < 4.78 is 46.2. The quantitative estimate of drug-likeness (QED) is 0.559. The Labute approximate surface area is 172 Å². The van der Waals surface area contributed by atoms with Gasteiger partial charge in [-0.1, -0.05) is 42.5 Å². The highest BCUT2D eigenvalue weighted by atomic mass is 35.5. The molecule has 154 valence electrons. The number of hydrogen-bond donors (Lipinski definition) is 2. The minimum Gasteiger partial charge on any atom is -0.507 e. The standard InChI is InChI=1S/C21H18F3NO3.ClH/c22-21(23,24)28-16-8-6-15(7-9-16)20(25)18-11-10-17(12-19(18)26)27-13-14-4-2-1-3-5-14;/h1-12,20,26H,13,25H2;1H/t20-;/m1./s1. The monoisotopic (exact) mass is 425 g/mol. The highest BCUT2D eigenvalue weighted by Crippen LogP contribution is 2.32. The van der Waals surface area contributed by atoms with Gasteiger partial charge in [-0.15, -0.1) is 25.6 Å². The maximum atomic E-state index is 12.2. The Balaban J connectivity index is 0.00000300. The van der Waals surface area contributed by atoms with Crippen LogP contribution in [0.1, 0.15) is 22.7 Å². The summed E-state index contributed by atoms with van der Waals surface area (Å²) in [7, 11) is 0. The molecule has 29 heavy (non-hydrogen) atoms. The van der Waals surface area contributed by atoms with Crippen molar-refractivity contribution in [2.45, 2.75) is 19.0 Å². The van der Waals surface area contributed by atoms with Crippen LogP contribution < -0.4 is 15.2 Å². The smallest absolute Gasteiger partial charge is 0.507 e. The van der Waals surface area contributed by atoms with Gasteiger partial charge in [0, 0.05) is 11.6 Å². The fourth-order valence-corrected chi connectivity index (χ4v) is 2.67. The molecule has 0 heterocycles. The normalized spacial score (nSPS) is 12.0. The van der Waals surface area contributed by atoms with Gasteiger partial charge in [0.25, 0.3) is 0 Å². The van der Waals surface area contributed by atoms with Crippen LogP contribution in [0.2, 0.25) is 0 Å². The van der Waals surface area contributed by atoms with Crippen LogP contribution in [0.4, 0.5) is 13.2 Å². The van der Waals surface area contributed by atoms with Gasteiger partial charge >= 0.3 is 6.36 Å². The molecule has 3 aromatic rings. The molecule has 1 atom stereocenters. The van der Waals surface area contributed by atoms with Crippen LogP contribution in [0.5, 0.6) is 17.2 Å². The third-order valence-electron chi connectivity index (χ3n) is 4.06. The van der Waals surface area contributed by atoms with Gasteiger partial charge in [-0.25, -0.2) is 0 Å². The molecule has 0 spiro atoms. The average Bonchev–Trinajstić information content (AvgIpc) is 2.66. The van der Waals surface area contributed by atoms with E-state index >= 15 is 0 Å². The Morgan fingerprint density at radius 3 is 2.10 bits per heavy atom. The van der Waals surface area contributed by atoms with E-state index < -0.39 is 12.4 Å². The molecule has 0 aliphatic rings. The Morgan fingerprint density at radius 1 is 0.897 bits per heavy atom. The Bertz CT molecular complexity index is 919. The van der Waals surface area contributed by atoms with E-state index in [1.165, 1.54) is 30.3 Å². The van der Waals surface area contributed by atoms with Crippen molar-refractivity contribution in [2.75, 3.05) is 0 Å². The van der Waals surface area contributed by atoms with Gasteiger partial charge in [-0.2, -0.15) is 0 Å². The van der Waals surface area contributed by atoms with Crippen LogP contribution in [0.3, 0.4) is 0 Å². The van der Waals surface area contributed by atoms with Gasteiger partial charge in [0.05, 0.1) is 6.04 Å². The summed E-state index contributed by atoms with van der Waals surface area (Å²) in [5, 5.41) is 10.3. The van der Waals surface area contributed by atoms with Crippen molar-refractivity contribution in [3.05, 3.63) is 89.5 Å². The lowest BCUT2D eigenvalue weighted by atomic mass is 9.98. The zero-order valence-corrected chi connectivity index (χ0v) is 15.9. The molecule has 4 nitrogen and oxygen atoms in total. The summed E-state index contributed by atoms with van der Waals surface area (Å²) in [6.45, 7) is 0.354. The van der Waals surface area contributed by atoms with Crippen molar-refractivity contribution in [3.63, 3.8) is 0 Å². The van der Waals surface area contributed by atoms with E-state index in [4.69, 9.17) is 10.5 Å². The van der Waals surface area contributed by atoms with Crippen molar-refractivity contribution in [1.29, 1.82) is 0 Å². The molecule has 0 radical (unpaired) electrons. The molecule has 3 rings (SSSR count). The summed E-state index contributed by atoms with van der Waals surface area (Å²) in [5.41, 5.74) is 8.09. The fourth-order valence-electron chi connectivity index (χ4n) is 2.67. The number of benzene rings is 3. The predicted octanol–water partition coefficient (Wildman–Crippen LogP) is 5.34. The van der Waals surface area contributed by atoms with E-state index in [-0.39, 0.29) is 23.9 Å². The second-order valence-corrected chi connectivity index (χ2v) is 6.09. The van der Waals surface area contributed by atoms with Crippen molar-refractivity contribution < 1.29 is 27.8 Å². The Kier molecular flexibility index (Phi) is 7.36. The Hall–Kier alpha value is -2.90. The van der Waals surface area contributed by atoms with Crippen LogP contribution in [0, 0.1) is 0 Å². The second kappa shape index (κ2) is 9.54. The van der Waals surface area contributed by atoms with Gasteiger partial charge in [0.2, 0.25) is 0 Å². The average molecular weight is 426 g/mol. The molecule has 0 saturated heterocycles. The van der Waals surface area contributed by atoms with Gasteiger partial charge in [-0.3, -0.25) is 0 Å². The molecule has 0 aliphatic carbocycles. The van der Waals surface area contributed by atoms with E-state index in [0.29, 0.717) is 23.5 Å². The molecular formula is C21H19ClF3NO3. The van der Waals surface area contributed by atoms with E-state index in [9.17, 15) is 18.3 Å². The molecule has 8 heteroatoms. The molecule has 3 N–H and O–H groups in total. The lowest BCUT2D eigenvalue weighted by Crippen LogP contribution is -2.17. The summed E-state index contributed by atoms with van der Waals surface area (Å²) in [5.74, 6) is 0.0808. The number of phenols is 1. The number of halogens is 4. The number of ether oxygens (including phenoxy) is 2. The van der Waals surface area contributed by atoms with Crippen LogP contribution >= 0.6 is 12.4 Å². The van der Waals surface area contributed by atoms with Crippen LogP contribution in [-0.2, 0) is 6.61 Å². The lowest BCUT2D eigenvalue weighted by molar-refractivity contribution is -0.274. The first kappa shape index (κ1) is 22.4. The van der Waals surface area contributed by atoms with E-state index in [2.05, 4.69) is 4.74 Å². The lowest BCUT2D eigenvalue weighted by Gasteiger charge is -2.16. The van der Waals surface area contributed by atoms with E-state index in [1.54, 1.807) is 12.1 Å².